The Kier molecular flexibility index (Phi) is 4.33. The lowest BCUT2D eigenvalue weighted by molar-refractivity contribution is 0.474. The molecule has 0 aliphatic heterocycles. The molecule has 96 valence electrons. The molecular weight excluding hydrogens is 269 g/mol. The molecule has 0 aliphatic rings. The van der Waals surface area contributed by atoms with Crippen molar-refractivity contribution in [1.29, 1.82) is 0 Å². The Labute approximate surface area is 117 Å². The van der Waals surface area contributed by atoms with E-state index in [4.69, 9.17) is 33.4 Å². The van der Waals surface area contributed by atoms with Crippen molar-refractivity contribution in [2.45, 2.75) is 19.3 Å². The van der Waals surface area contributed by atoms with Crippen molar-refractivity contribution in [3.05, 3.63) is 46.1 Å². The zero-order valence-electron chi connectivity index (χ0n) is 10.1. The second-order valence-corrected chi connectivity index (χ2v) is 5.07. The SMILES string of the molecule is CC(CCN)c1ccc(-c2cccc(Cl)c2Cl)o1. The lowest BCUT2D eigenvalue weighted by Crippen LogP contribution is -2.03. The Balaban J connectivity index is 2.32. The topological polar surface area (TPSA) is 39.2 Å². The predicted molar refractivity (Wildman–Crippen MR) is 76.3 cm³/mol. The van der Waals surface area contributed by atoms with Gasteiger partial charge in [0.1, 0.15) is 11.5 Å². The highest BCUT2D eigenvalue weighted by Crippen LogP contribution is 2.35. The van der Waals surface area contributed by atoms with E-state index in [9.17, 15) is 0 Å². The maximum absolute atomic E-state index is 6.17. The molecule has 1 unspecified atom stereocenters. The summed E-state index contributed by atoms with van der Waals surface area (Å²) in [5.74, 6) is 1.97. The van der Waals surface area contributed by atoms with Crippen LogP contribution in [0.15, 0.2) is 34.7 Å². The molecule has 0 radical (unpaired) electrons. The molecule has 1 heterocycles. The van der Waals surface area contributed by atoms with Gasteiger partial charge >= 0.3 is 0 Å². The van der Waals surface area contributed by atoms with Crippen molar-refractivity contribution in [1.82, 2.24) is 0 Å². The number of furan rings is 1. The van der Waals surface area contributed by atoms with Crippen LogP contribution in [0.4, 0.5) is 0 Å². The fourth-order valence-electron chi connectivity index (χ4n) is 1.85. The van der Waals surface area contributed by atoms with Gasteiger partial charge in [0.25, 0.3) is 0 Å². The molecular formula is C14H15Cl2NO. The Bertz CT molecular complexity index is 536. The first-order valence-corrected chi connectivity index (χ1v) is 6.63. The molecule has 0 saturated carbocycles. The van der Waals surface area contributed by atoms with E-state index in [-0.39, 0.29) is 0 Å². The third kappa shape index (κ3) is 2.72. The average molecular weight is 284 g/mol. The molecule has 2 aromatic rings. The third-order valence-electron chi connectivity index (χ3n) is 2.93. The van der Waals surface area contributed by atoms with Crippen LogP contribution < -0.4 is 5.73 Å². The summed E-state index contributed by atoms with van der Waals surface area (Å²) < 4.78 is 5.82. The number of benzene rings is 1. The smallest absolute Gasteiger partial charge is 0.135 e. The van der Waals surface area contributed by atoms with Gasteiger partial charge < -0.3 is 10.2 Å². The highest BCUT2D eigenvalue weighted by atomic mass is 35.5. The minimum absolute atomic E-state index is 0.307. The molecule has 1 atom stereocenters. The van der Waals surface area contributed by atoms with Gasteiger partial charge in [-0.1, -0.05) is 36.2 Å². The fourth-order valence-corrected chi connectivity index (χ4v) is 2.24. The minimum atomic E-state index is 0.307. The van der Waals surface area contributed by atoms with Crippen molar-refractivity contribution in [3.8, 4) is 11.3 Å². The molecule has 2 rings (SSSR count). The van der Waals surface area contributed by atoms with E-state index in [0.717, 1.165) is 23.5 Å². The Hall–Kier alpha value is -0.960. The Morgan fingerprint density at radius 3 is 2.72 bits per heavy atom. The lowest BCUT2D eigenvalue weighted by atomic mass is 10.1. The zero-order chi connectivity index (χ0) is 13.1. The number of hydrogen-bond donors (Lipinski definition) is 1. The summed E-state index contributed by atoms with van der Waals surface area (Å²) in [5.41, 5.74) is 6.36. The number of rotatable bonds is 4. The summed E-state index contributed by atoms with van der Waals surface area (Å²) in [7, 11) is 0. The summed E-state index contributed by atoms with van der Waals surface area (Å²) in [6.45, 7) is 2.74. The van der Waals surface area contributed by atoms with Crippen LogP contribution in [0, 0.1) is 0 Å². The molecule has 0 fully saturated rings. The first kappa shape index (κ1) is 13.5. The van der Waals surface area contributed by atoms with Gasteiger partial charge in [0.2, 0.25) is 0 Å². The van der Waals surface area contributed by atoms with Crippen LogP contribution in [0.3, 0.4) is 0 Å². The number of nitrogens with two attached hydrogens (primary N) is 1. The monoisotopic (exact) mass is 283 g/mol. The zero-order valence-corrected chi connectivity index (χ0v) is 11.6. The van der Waals surface area contributed by atoms with Gasteiger partial charge in [0, 0.05) is 11.5 Å². The van der Waals surface area contributed by atoms with Gasteiger partial charge in [-0.2, -0.15) is 0 Å². The fraction of sp³-hybridized carbons (Fsp3) is 0.286. The molecule has 0 aliphatic carbocycles. The summed E-state index contributed by atoms with van der Waals surface area (Å²) in [4.78, 5) is 0. The van der Waals surface area contributed by atoms with Crippen molar-refractivity contribution in [2.75, 3.05) is 6.54 Å². The Morgan fingerprint density at radius 1 is 1.22 bits per heavy atom. The van der Waals surface area contributed by atoms with Crippen LogP contribution in [0.25, 0.3) is 11.3 Å². The molecule has 0 bridgehead atoms. The standard InChI is InChI=1S/C14H15Cl2NO/c1-9(7-8-17)12-5-6-13(18-12)10-3-2-4-11(15)14(10)16/h2-6,9H,7-8,17H2,1H3. The van der Waals surface area contributed by atoms with Crippen LogP contribution in [-0.4, -0.2) is 6.54 Å². The third-order valence-corrected chi connectivity index (χ3v) is 3.75. The molecule has 0 saturated heterocycles. The first-order chi connectivity index (χ1) is 8.63. The van der Waals surface area contributed by atoms with Crippen LogP contribution >= 0.6 is 23.2 Å². The van der Waals surface area contributed by atoms with Crippen LogP contribution in [0.2, 0.25) is 10.0 Å². The van der Waals surface area contributed by atoms with E-state index < -0.39 is 0 Å². The second-order valence-electron chi connectivity index (χ2n) is 4.28. The summed E-state index contributed by atoms with van der Waals surface area (Å²) in [5, 5.41) is 1.05. The van der Waals surface area contributed by atoms with E-state index in [2.05, 4.69) is 6.92 Å². The van der Waals surface area contributed by atoms with Gasteiger partial charge in [-0.3, -0.25) is 0 Å². The largest absolute Gasteiger partial charge is 0.461 e. The Morgan fingerprint density at radius 2 is 2.00 bits per heavy atom. The number of hydrogen-bond acceptors (Lipinski definition) is 2. The lowest BCUT2D eigenvalue weighted by Gasteiger charge is -2.06. The van der Waals surface area contributed by atoms with E-state index in [1.165, 1.54) is 0 Å². The molecule has 2 N–H and O–H groups in total. The van der Waals surface area contributed by atoms with Crippen LogP contribution in [0.5, 0.6) is 0 Å². The van der Waals surface area contributed by atoms with Crippen LogP contribution in [0.1, 0.15) is 25.0 Å². The van der Waals surface area contributed by atoms with Gasteiger partial charge in [0.15, 0.2) is 0 Å². The van der Waals surface area contributed by atoms with E-state index in [1.54, 1.807) is 6.07 Å². The quantitative estimate of drug-likeness (QED) is 0.883. The highest BCUT2D eigenvalue weighted by molar-refractivity contribution is 6.43. The summed E-state index contributed by atoms with van der Waals surface area (Å²) >= 11 is 12.2. The van der Waals surface area contributed by atoms with Crippen molar-refractivity contribution in [3.63, 3.8) is 0 Å². The van der Waals surface area contributed by atoms with Crippen molar-refractivity contribution >= 4 is 23.2 Å². The van der Waals surface area contributed by atoms with Crippen LogP contribution in [-0.2, 0) is 0 Å². The highest BCUT2D eigenvalue weighted by Gasteiger charge is 2.13. The summed E-state index contributed by atoms with van der Waals surface area (Å²) in [6.07, 6.45) is 0.899. The molecule has 1 aromatic heterocycles. The minimum Gasteiger partial charge on any atom is -0.461 e. The van der Waals surface area contributed by atoms with Gasteiger partial charge in [-0.05, 0) is 37.2 Å². The molecule has 0 amide bonds. The van der Waals surface area contributed by atoms with E-state index in [1.807, 2.05) is 24.3 Å². The van der Waals surface area contributed by atoms with Crippen molar-refractivity contribution in [2.24, 2.45) is 5.73 Å². The number of halogens is 2. The molecule has 18 heavy (non-hydrogen) atoms. The predicted octanol–water partition coefficient (Wildman–Crippen LogP) is 4.71. The normalized spacial score (nSPS) is 12.7. The van der Waals surface area contributed by atoms with Gasteiger partial charge in [-0.15, -0.1) is 0 Å². The average Bonchev–Trinajstić information content (AvgIpc) is 2.82. The van der Waals surface area contributed by atoms with E-state index >= 15 is 0 Å². The molecule has 0 spiro atoms. The molecule has 4 heteroatoms. The van der Waals surface area contributed by atoms with Crippen molar-refractivity contribution < 1.29 is 4.42 Å². The molecule has 1 aromatic carbocycles. The first-order valence-electron chi connectivity index (χ1n) is 5.87. The van der Waals surface area contributed by atoms with Gasteiger partial charge in [-0.25, -0.2) is 0 Å². The maximum atomic E-state index is 6.17. The second kappa shape index (κ2) is 5.79. The van der Waals surface area contributed by atoms with Gasteiger partial charge in [0.05, 0.1) is 10.0 Å². The van der Waals surface area contributed by atoms with E-state index in [0.29, 0.717) is 22.5 Å². The summed E-state index contributed by atoms with van der Waals surface area (Å²) in [6, 6.07) is 9.39. The molecule has 2 nitrogen and oxygen atoms in total. The maximum Gasteiger partial charge on any atom is 0.135 e.